The average Bonchev–Trinajstić information content (AvgIpc) is 3.00. The van der Waals surface area contributed by atoms with Crippen molar-refractivity contribution in [3.05, 3.63) is 94.1 Å². The van der Waals surface area contributed by atoms with Gasteiger partial charge in [-0.2, -0.15) is 0 Å². The van der Waals surface area contributed by atoms with Gasteiger partial charge in [-0.25, -0.2) is 31.8 Å². The van der Waals surface area contributed by atoms with Crippen LogP contribution in [0, 0.1) is 34.9 Å². The van der Waals surface area contributed by atoms with Crippen LogP contribution in [-0.4, -0.2) is 23.6 Å². The lowest BCUT2D eigenvalue weighted by Crippen LogP contribution is -2.37. The lowest BCUT2D eigenvalue weighted by atomic mass is 9.84. The van der Waals surface area contributed by atoms with Crippen LogP contribution in [-0.2, 0) is 11.3 Å². The van der Waals surface area contributed by atoms with Crippen LogP contribution in [0.4, 0.5) is 32.0 Å². The molecule has 41 heavy (non-hydrogen) atoms. The fraction of sp³-hybridized carbons (Fsp3) is 0.286. The highest BCUT2D eigenvalue weighted by Gasteiger charge is 2.27. The Hall–Kier alpha value is -3.55. The van der Waals surface area contributed by atoms with Crippen molar-refractivity contribution in [3.63, 3.8) is 0 Å². The van der Waals surface area contributed by atoms with Crippen LogP contribution < -0.4 is 15.1 Å². The molecule has 13 heteroatoms. The predicted octanol–water partition coefficient (Wildman–Crippen LogP) is 6.52. The van der Waals surface area contributed by atoms with E-state index in [2.05, 4.69) is 4.72 Å². The lowest BCUT2D eigenvalue weighted by Gasteiger charge is -2.25. The SMILES string of the molecule is O=C(NO)c1ccc(N(Cc2ccc(C3CCCCC3)cc2)C(=O)CNSc2c(F)c(F)c(F)c(F)c2F)c(F)c1. The second kappa shape index (κ2) is 13.4. The largest absolute Gasteiger partial charge is 0.304 e. The molecule has 1 aliphatic carbocycles. The molecule has 0 spiro atoms. The van der Waals surface area contributed by atoms with Crippen LogP contribution >= 0.6 is 11.9 Å². The van der Waals surface area contributed by atoms with Crippen molar-refractivity contribution in [3.8, 4) is 0 Å². The number of hydrogen-bond donors (Lipinski definition) is 3. The van der Waals surface area contributed by atoms with Gasteiger partial charge in [-0.05, 0) is 60.0 Å². The summed E-state index contributed by atoms with van der Waals surface area (Å²) in [6, 6.07) is 10.6. The molecule has 218 valence electrons. The molecule has 0 aliphatic heterocycles. The molecule has 0 atom stereocenters. The number of hydrogen-bond acceptors (Lipinski definition) is 5. The molecule has 2 amide bonds. The van der Waals surface area contributed by atoms with Crippen LogP contribution in [0.25, 0.3) is 0 Å². The Morgan fingerprint density at radius 2 is 1.46 bits per heavy atom. The molecule has 1 saturated carbocycles. The number of carbonyl (C=O) groups excluding carboxylic acids is 2. The number of halogens is 6. The summed E-state index contributed by atoms with van der Waals surface area (Å²) < 4.78 is 85.8. The number of anilines is 1. The molecular weight excluding hydrogens is 572 g/mol. The minimum absolute atomic E-state index is 0.0206. The third-order valence-electron chi connectivity index (χ3n) is 6.87. The second-order valence-electron chi connectivity index (χ2n) is 9.49. The highest BCUT2D eigenvalue weighted by atomic mass is 32.2. The Balaban J connectivity index is 1.56. The first-order valence-corrected chi connectivity index (χ1v) is 13.5. The van der Waals surface area contributed by atoms with Gasteiger partial charge in [0.1, 0.15) is 10.7 Å². The van der Waals surface area contributed by atoms with Crippen molar-refractivity contribution in [2.45, 2.75) is 49.5 Å². The molecule has 0 heterocycles. The zero-order chi connectivity index (χ0) is 29.7. The molecule has 4 rings (SSSR count). The normalized spacial score (nSPS) is 13.7. The summed E-state index contributed by atoms with van der Waals surface area (Å²) in [5, 5.41) is 8.82. The van der Waals surface area contributed by atoms with Gasteiger partial charge in [-0.1, -0.05) is 43.5 Å². The molecular formula is C28H25F6N3O3S. The van der Waals surface area contributed by atoms with Crippen molar-refractivity contribution >= 4 is 29.4 Å². The van der Waals surface area contributed by atoms with Gasteiger partial charge in [-0.15, -0.1) is 0 Å². The van der Waals surface area contributed by atoms with E-state index in [0.717, 1.165) is 48.3 Å². The number of nitrogens with zero attached hydrogens (tertiary/aromatic N) is 1. The van der Waals surface area contributed by atoms with Gasteiger partial charge >= 0.3 is 0 Å². The average molecular weight is 598 g/mol. The molecule has 0 radical (unpaired) electrons. The van der Waals surface area contributed by atoms with E-state index in [-0.39, 0.29) is 29.7 Å². The van der Waals surface area contributed by atoms with Crippen LogP contribution in [0.2, 0.25) is 0 Å². The summed E-state index contributed by atoms with van der Waals surface area (Å²) in [6.07, 6.45) is 5.65. The summed E-state index contributed by atoms with van der Waals surface area (Å²) in [5.74, 6) is -13.0. The number of amides is 2. The van der Waals surface area contributed by atoms with Crippen molar-refractivity contribution in [2.24, 2.45) is 0 Å². The van der Waals surface area contributed by atoms with Gasteiger partial charge < -0.3 is 4.90 Å². The van der Waals surface area contributed by atoms with Gasteiger partial charge in [0.05, 0.1) is 18.8 Å². The molecule has 3 N–H and O–H groups in total. The van der Waals surface area contributed by atoms with E-state index in [0.29, 0.717) is 11.5 Å². The number of benzene rings is 3. The maximum Gasteiger partial charge on any atom is 0.274 e. The van der Waals surface area contributed by atoms with Crippen molar-refractivity contribution in [1.82, 2.24) is 10.2 Å². The lowest BCUT2D eigenvalue weighted by molar-refractivity contribution is -0.117. The number of hydroxylamine groups is 1. The third kappa shape index (κ3) is 6.85. The standard InChI is InChI=1S/C28H25F6N3O3S/c29-19-12-18(28(39)36-40)10-11-20(19)37(14-15-6-8-17(9-7-15)16-4-2-1-3-5-16)21(38)13-35-41-27-25(33)23(31)22(30)24(32)26(27)34/h6-12,16,35,40H,1-5,13-14H2,(H,36,39). The molecule has 3 aromatic rings. The first-order valence-electron chi connectivity index (χ1n) is 12.7. The summed E-state index contributed by atoms with van der Waals surface area (Å²) in [6.45, 7) is -0.830. The van der Waals surface area contributed by atoms with E-state index in [1.807, 2.05) is 12.1 Å². The molecule has 0 bridgehead atoms. The minimum Gasteiger partial charge on any atom is -0.304 e. The Bertz CT molecular complexity index is 1410. The van der Waals surface area contributed by atoms with Crippen molar-refractivity contribution < 1.29 is 41.1 Å². The molecule has 6 nitrogen and oxygen atoms in total. The van der Waals surface area contributed by atoms with E-state index in [9.17, 15) is 31.5 Å². The van der Waals surface area contributed by atoms with E-state index in [1.54, 1.807) is 12.1 Å². The molecule has 3 aromatic carbocycles. The predicted molar refractivity (Wildman–Crippen MR) is 139 cm³/mol. The van der Waals surface area contributed by atoms with E-state index >= 15 is 4.39 Å². The molecule has 0 aromatic heterocycles. The smallest absolute Gasteiger partial charge is 0.274 e. The Morgan fingerprint density at radius 1 is 0.854 bits per heavy atom. The van der Waals surface area contributed by atoms with Crippen LogP contribution in [0.1, 0.15) is 59.5 Å². The van der Waals surface area contributed by atoms with Gasteiger partial charge in [-0.3, -0.25) is 19.5 Å². The van der Waals surface area contributed by atoms with Gasteiger partial charge in [0, 0.05) is 5.56 Å². The molecule has 1 fully saturated rings. The fourth-order valence-corrected chi connectivity index (χ4v) is 5.39. The maximum absolute atomic E-state index is 15.1. The number of rotatable bonds is 9. The quantitative estimate of drug-likeness (QED) is 0.0654. The fourth-order valence-electron chi connectivity index (χ4n) is 4.69. The number of nitrogens with one attached hydrogen (secondary N) is 2. The summed E-state index contributed by atoms with van der Waals surface area (Å²) >= 11 is 0.0206. The van der Waals surface area contributed by atoms with Gasteiger partial charge in [0.25, 0.3) is 5.91 Å². The van der Waals surface area contributed by atoms with Crippen molar-refractivity contribution in [2.75, 3.05) is 11.4 Å². The monoisotopic (exact) mass is 597 g/mol. The first-order chi connectivity index (χ1) is 19.6. The Labute approximate surface area is 235 Å². The Morgan fingerprint density at radius 3 is 2.05 bits per heavy atom. The van der Waals surface area contributed by atoms with E-state index in [4.69, 9.17) is 5.21 Å². The Kier molecular flexibility index (Phi) is 9.94. The topological polar surface area (TPSA) is 81.7 Å². The van der Waals surface area contributed by atoms with Crippen molar-refractivity contribution in [1.29, 1.82) is 0 Å². The second-order valence-corrected chi connectivity index (χ2v) is 10.4. The molecule has 0 unspecified atom stereocenters. The minimum atomic E-state index is -2.31. The van der Waals surface area contributed by atoms with Crippen LogP contribution in [0.15, 0.2) is 47.4 Å². The van der Waals surface area contributed by atoms with Gasteiger partial charge in [0.2, 0.25) is 11.7 Å². The highest BCUT2D eigenvalue weighted by molar-refractivity contribution is 7.97. The summed E-state index contributed by atoms with van der Waals surface area (Å²) in [4.78, 5) is 24.7. The highest BCUT2D eigenvalue weighted by Crippen LogP contribution is 2.33. The van der Waals surface area contributed by atoms with Crippen LogP contribution in [0.5, 0.6) is 0 Å². The van der Waals surface area contributed by atoms with E-state index in [1.165, 1.54) is 18.0 Å². The first kappa shape index (κ1) is 30.4. The zero-order valence-electron chi connectivity index (χ0n) is 21.5. The van der Waals surface area contributed by atoms with Gasteiger partial charge in [0.15, 0.2) is 23.3 Å². The third-order valence-corrected chi connectivity index (χ3v) is 7.72. The summed E-state index contributed by atoms with van der Waals surface area (Å²) in [7, 11) is 0. The van der Waals surface area contributed by atoms with Crippen LogP contribution in [0.3, 0.4) is 0 Å². The number of carbonyl (C=O) groups is 2. The molecule has 0 saturated heterocycles. The zero-order valence-corrected chi connectivity index (χ0v) is 22.3. The van der Waals surface area contributed by atoms with E-state index < -0.39 is 58.2 Å². The molecule has 1 aliphatic rings. The summed E-state index contributed by atoms with van der Waals surface area (Å²) in [5.41, 5.74) is 2.69. The maximum atomic E-state index is 15.1.